The minimum Gasteiger partial charge on any atom is -0.437 e. The summed E-state index contributed by atoms with van der Waals surface area (Å²) in [5.41, 5.74) is 12.3. The molecule has 5 nitrogen and oxygen atoms in total. The Morgan fingerprint density at radius 3 is 2.23 bits per heavy atom. The highest BCUT2D eigenvalue weighted by Crippen LogP contribution is 2.44. The van der Waals surface area contributed by atoms with Crippen LogP contribution in [0.3, 0.4) is 0 Å². The predicted octanol–water partition coefficient (Wildman–Crippen LogP) is 11.7. The average molecular weight is 617 g/mol. The first kappa shape index (κ1) is 29.4. The summed E-state index contributed by atoms with van der Waals surface area (Å²) >= 11 is 0. The molecular weight excluding hydrogens is 576 g/mol. The number of aryl methyl sites for hydroxylation is 2. The number of nitrogens with zero attached hydrogens (tertiary/aromatic N) is 4. The molecule has 4 heterocycles. The maximum Gasteiger partial charge on any atom is 0.227 e. The molecule has 8 aromatic rings. The number of benzene rings is 4. The normalized spacial score (nSPS) is 12.4. The van der Waals surface area contributed by atoms with E-state index in [0.717, 1.165) is 66.6 Å². The Morgan fingerprint density at radius 1 is 0.681 bits per heavy atom. The van der Waals surface area contributed by atoms with Crippen LogP contribution in [0.2, 0.25) is 0 Å². The van der Waals surface area contributed by atoms with Gasteiger partial charge in [0.2, 0.25) is 5.71 Å². The lowest BCUT2D eigenvalue weighted by Crippen LogP contribution is -2.10. The highest BCUT2D eigenvalue weighted by atomic mass is 16.3. The van der Waals surface area contributed by atoms with E-state index < -0.39 is 0 Å². The van der Waals surface area contributed by atoms with E-state index in [1.54, 1.807) is 0 Å². The van der Waals surface area contributed by atoms with E-state index in [0.29, 0.717) is 11.6 Å². The van der Waals surface area contributed by atoms with Gasteiger partial charge >= 0.3 is 0 Å². The molecule has 234 valence electrons. The van der Waals surface area contributed by atoms with Crippen LogP contribution in [0.5, 0.6) is 0 Å². The van der Waals surface area contributed by atoms with Gasteiger partial charge in [0.05, 0.1) is 27.8 Å². The number of imidazole rings is 1. The van der Waals surface area contributed by atoms with Crippen molar-refractivity contribution in [3.05, 3.63) is 107 Å². The van der Waals surface area contributed by atoms with Gasteiger partial charge < -0.3 is 4.42 Å². The van der Waals surface area contributed by atoms with E-state index in [-0.39, 0.29) is 11.8 Å². The fourth-order valence-electron chi connectivity index (χ4n) is 7.34. The van der Waals surface area contributed by atoms with E-state index in [2.05, 4.69) is 139 Å². The van der Waals surface area contributed by atoms with Crippen LogP contribution in [-0.4, -0.2) is 19.5 Å². The molecule has 0 fully saturated rings. The third kappa shape index (κ3) is 4.47. The Hall–Kier alpha value is -5.03. The third-order valence-electron chi connectivity index (χ3n) is 9.68. The molecule has 0 bridgehead atoms. The Kier molecular flexibility index (Phi) is 6.73. The summed E-state index contributed by atoms with van der Waals surface area (Å²) in [6, 6.07) is 28.4. The zero-order chi connectivity index (χ0) is 32.7. The van der Waals surface area contributed by atoms with Gasteiger partial charge in [-0.2, -0.15) is 0 Å². The second-order valence-corrected chi connectivity index (χ2v) is 14.0. The standard InChI is InChI=1S/C42H40N4O/c1-22(2)32-21-28-11-9-10-12-29(28)35(24(5)6)38(32)46-39-34(19-16-27-15-14-26(8)43-37(27)39)44-41(46)31-17-13-25(7)36-30-18-20-33(23(3)4)45-42(30)47-40(31)36/h9-24H,1-8H3. The Bertz CT molecular complexity index is 2530. The zero-order valence-corrected chi connectivity index (χ0v) is 28.4. The van der Waals surface area contributed by atoms with Crippen molar-refractivity contribution in [3.63, 3.8) is 0 Å². The number of rotatable bonds is 5. The van der Waals surface area contributed by atoms with Crippen LogP contribution < -0.4 is 0 Å². The number of hydrogen-bond acceptors (Lipinski definition) is 4. The van der Waals surface area contributed by atoms with Gasteiger partial charge in [-0.05, 0) is 95.5 Å². The van der Waals surface area contributed by atoms with E-state index in [9.17, 15) is 0 Å². The highest BCUT2D eigenvalue weighted by Gasteiger charge is 2.28. The SMILES string of the molecule is Cc1ccc2ccc3nc(-c4ccc(C)c5c4oc4nc(C(C)C)ccc45)n(-c4c(C(C)C)cc5ccccc5c4C(C)C)c3c2n1. The van der Waals surface area contributed by atoms with Crippen molar-refractivity contribution in [1.29, 1.82) is 0 Å². The molecule has 47 heavy (non-hydrogen) atoms. The number of furan rings is 1. The quantitative estimate of drug-likeness (QED) is 0.193. The molecule has 4 aromatic heterocycles. The van der Waals surface area contributed by atoms with E-state index >= 15 is 0 Å². The first-order chi connectivity index (χ1) is 22.6. The van der Waals surface area contributed by atoms with Gasteiger partial charge in [0, 0.05) is 27.5 Å². The molecule has 0 spiro atoms. The number of aromatic nitrogens is 4. The largest absolute Gasteiger partial charge is 0.437 e. The molecule has 4 aromatic carbocycles. The Morgan fingerprint density at radius 2 is 1.47 bits per heavy atom. The second-order valence-electron chi connectivity index (χ2n) is 14.0. The molecule has 0 atom stereocenters. The summed E-state index contributed by atoms with van der Waals surface area (Å²) < 4.78 is 9.16. The molecule has 5 heteroatoms. The maximum atomic E-state index is 6.75. The molecule has 0 unspecified atom stereocenters. The number of hydrogen-bond donors (Lipinski definition) is 0. The first-order valence-electron chi connectivity index (χ1n) is 16.8. The topological polar surface area (TPSA) is 56.7 Å². The van der Waals surface area contributed by atoms with Gasteiger partial charge in [0.15, 0.2) is 0 Å². The summed E-state index contributed by atoms with van der Waals surface area (Å²) in [5.74, 6) is 1.68. The molecule has 8 rings (SSSR count). The molecule has 0 aliphatic heterocycles. The average Bonchev–Trinajstić information content (AvgIpc) is 3.63. The van der Waals surface area contributed by atoms with Crippen LogP contribution in [0.4, 0.5) is 0 Å². The molecule has 0 radical (unpaired) electrons. The van der Waals surface area contributed by atoms with E-state index in [1.807, 2.05) is 0 Å². The summed E-state index contributed by atoms with van der Waals surface area (Å²) in [6.07, 6.45) is 0. The predicted molar refractivity (Wildman–Crippen MR) is 196 cm³/mol. The summed E-state index contributed by atoms with van der Waals surface area (Å²) in [4.78, 5) is 15.6. The molecule has 0 aliphatic rings. The molecule has 0 amide bonds. The van der Waals surface area contributed by atoms with Crippen molar-refractivity contribution < 1.29 is 4.42 Å². The van der Waals surface area contributed by atoms with Crippen LogP contribution in [0.15, 0.2) is 83.3 Å². The van der Waals surface area contributed by atoms with Gasteiger partial charge in [-0.3, -0.25) is 9.55 Å². The zero-order valence-electron chi connectivity index (χ0n) is 28.4. The van der Waals surface area contributed by atoms with Gasteiger partial charge in [0.1, 0.15) is 11.4 Å². The lowest BCUT2D eigenvalue weighted by Gasteiger charge is -2.25. The van der Waals surface area contributed by atoms with Crippen molar-refractivity contribution >= 4 is 54.8 Å². The van der Waals surface area contributed by atoms with Crippen LogP contribution in [0.1, 0.15) is 87.4 Å². The van der Waals surface area contributed by atoms with Gasteiger partial charge in [0.25, 0.3) is 0 Å². The Balaban J connectivity index is 1.59. The minimum absolute atomic E-state index is 0.256. The van der Waals surface area contributed by atoms with Crippen molar-refractivity contribution in [1.82, 2.24) is 19.5 Å². The molecular formula is C42H40N4O. The Labute approximate surface area is 275 Å². The molecule has 0 saturated carbocycles. The second kappa shape index (κ2) is 10.8. The maximum absolute atomic E-state index is 6.75. The smallest absolute Gasteiger partial charge is 0.227 e. The number of pyridine rings is 2. The van der Waals surface area contributed by atoms with E-state index in [1.165, 1.54) is 27.6 Å². The van der Waals surface area contributed by atoms with Gasteiger partial charge in [-0.15, -0.1) is 0 Å². The molecule has 0 saturated heterocycles. The fraction of sp³-hybridized carbons (Fsp3) is 0.262. The lowest BCUT2D eigenvalue weighted by atomic mass is 9.87. The first-order valence-corrected chi connectivity index (χ1v) is 16.8. The minimum atomic E-state index is 0.256. The summed E-state index contributed by atoms with van der Waals surface area (Å²) in [7, 11) is 0. The van der Waals surface area contributed by atoms with Crippen LogP contribution in [-0.2, 0) is 0 Å². The fourth-order valence-corrected chi connectivity index (χ4v) is 7.34. The van der Waals surface area contributed by atoms with Crippen LogP contribution in [0, 0.1) is 13.8 Å². The van der Waals surface area contributed by atoms with Gasteiger partial charge in [-0.25, -0.2) is 9.97 Å². The third-order valence-corrected chi connectivity index (χ3v) is 9.68. The van der Waals surface area contributed by atoms with E-state index in [4.69, 9.17) is 19.4 Å². The summed E-state index contributed by atoms with van der Waals surface area (Å²) in [6.45, 7) is 17.7. The monoisotopic (exact) mass is 616 g/mol. The number of fused-ring (bicyclic) bond motifs is 7. The molecule has 0 N–H and O–H groups in total. The lowest BCUT2D eigenvalue weighted by molar-refractivity contribution is 0.648. The van der Waals surface area contributed by atoms with Crippen LogP contribution >= 0.6 is 0 Å². The van der Waals surface area contributed by atoms with Crippen LogP contribution in [0.25, 0.3) is 71.9 Å². The highest BCUT2D eigenvalue weighted by molar-refractivity contribution is 6.11. The van der Waals surface area contributed by atoms with Crippen molar-refractivity contribution in [2.24, 2.45) is 0 Å². The van der Waals surface area contributed by atoms with Gasteiger partial charge in [-0.1, -0.05) is 84.0 Å². The molecule has 0 aliphatic carbocycles. The summed E-state index contributed by atoms with van der Waals surface area (Å²) in [5, 5.41) is 5.74. The van der Waals surface area contributed by atoms with Crippen molar-refractivity contribution in [3.8, 4) is 17.1 Å². The van der Waals surface area contributed by atoms with Crippen molar-refractivity contribution in [2.45, 2.75) is 73.1 Å². The van der Waals surface area contributed by atoms with Crippen molar-refractivity contribution in [2.75, 3.05) is 0 Å².